The minimum Gasteiger partial charge on any atom is -0.493 e. The van der Waals surface area contributed by atoms with Crippen LogP contribution in [0.15, 0.2) is 30.3 Å². The third kappa shape index (κ3) is 6.02. The van der Waals surface area contributed by atoms with Crippen molar-refractivity contribution in [1.82, 2.24) is 5.32 Å². The minimum absolute atomic E-state index is 0.181. The van der Waals surface area contributed by atoms with E-state index in [-0.39, 0.29) is 12.4 Å². The molecule has 7 heteroatoms. The predicted octanol–water partition coefficient (Wildman–Crippen LogP) is 4.85. The second-order valence-corrected chi connectivity index (χ2v) is 6.46. The molecule has 0 fully saturated rings. The van der Waals surface area contributed by atoms with Gasteiger partial charge >= 0.3 is 0 Å². The fourth-order valence-electron chi connectivity index (χ4n) is 2.34. The van der Waals surface area contributed by atoms with Crippen molar-refractivity contribution < 1.29 is 18.6 Å². The molecule has 0 atom stereocenters. The summed E-state index contributed by atoms with van der Waals surface area (Å²) in [5.41, 5.74) is 1.59. The van der Waals surface area contributed by atoms with Gasteiger partial charge in [-0.25, -0.2) is 4.39 Å². The van der Waals surface area contributed by atoms with Gasteiger partial charge in [-0.2, -0.15) is 0 Å². The summed E-state index contributed by atoms with van der Waals surface area (Å²) in [5.74, 6) is 0.684. The monoisotopic (exact) mass is 401 g/mol. The Morgan fingerprint density at radius 3 is 2.46 bits per heavy atom. The zero-order valence-corrected chi connectivity index (χ0v) is 16.3. The summed E-state index contributed by atoms with van der Waals surface area (Å²) in [4.78, 5) is 0. The smallest absolute Gasteiger partial charge is 0.163 e. The highest BCUT2D eigenvalue weighted by Gasteiger charge is 2.12. The summed E-state index contributed by atoms with van der Waals surface area (Å²) < 4.78 is 29.3. The molecule has 0 heterocycles. The number of halogens is 3. The van der Waals surface area contributed by atoms with Crippen LogP contribution in [0.4, 0.5) is 4.39 Å². The van der Waals surface area contributed by atoms with E-state index in [9.17, 15) is 4.39 Å². The summed E-state index contributed by atoms with van der Waals surface area (Å²) in [6, 6.07) is 7.73. The highest BCUT2D eigenvalue weighted by Crippen LogP contribution is 2.34. The van der Waals surface area contributed by atoms with Crippen molar-refractivity contribution in [3.05, 3.63) is 57.3 Å². The molecule has 26 heavy (non-hydrogen) atoms. The van der Waals surface area contributed by atoms with E-state index in [2.05, 4.69) is 5.32 Å². The fourth-order valence-corrected chi connectivity index (χ4v) is 2.79. The molecular weight excluding hydrogens is 380 g/mol. The zero-order valence-electron chi connectivity index (χ0n) is 14.8. The van der Waals surface area contributed by atoms with Crippen LogP contribution in [-0.2, 0) is 17.9 Å². The second-order valence-electron chi connectivity index (χ2n) is 5.64. The Morgan fingerprint density at radius 2 is 1.77 bits per heavy atom. The Balaban J connectivity index is 2.03. The van der Waals surface area contributed by atoms with Crippen molar-refractivity contribution in [3.8, 4) is 11.5 Å². The normalized spacial score (nSPS) is 10.8. The van der Waals surface area contributed by atoms with Gasteiger partial charge in [0, 0.05) is 36.9 Å². The Bertz CT molecular complexity index is 728. The van der Waals surface area contributed by atoms with E-state index in [1.165, 1.54) is 12.1 Å². The Morgan fingerprint density at radius 1 is 1.00 bits per heavy atom. The van der Waals surface area contributed by atoms with Gasteiger partial charge in [0.2, 0.25) is 0 Å². The van der Waals surface area contributed by atoms with Gasteiger partial charge < -0.3 is 19.5 Å². The van der Waals surface area contributed by atoms with Crippen LogP contribution in [0.2, 0.25) is 10.0 Å². The summed E-state index contributed by atoms with van der Waals surface area (Å²) in [7, 11) is 3.25. The number of rotatable bonds is 10. The molecule has 0 amide bonds. The van der Waals surface area contributed by atoms with Gasteiger partial charge in [-0.1, -0.05) is 29.3 Å². The van der Waals surface area contributed by atoms with Crippen LogP contribution < -0.4 is 14.8 Å². The van der Waals surface area contributed by atoms with Crippen LogP contribution >= 0.6 is 23.2 Å². The first-order chi connectivity index (χ1) is 12.5. The Labute approximate surface area is 163 Å². The fraction of sp³-hybridized carbons (Fsp3) is 0.368. The molecule has 2 aromatic carbocycles. The van der Waals surface area contributed by atoms with Crippen molar-refractivity contribution in [2.75, 3.05) is 27.4 Å². The Hall–Kier alpha value is -1.53. The van der Waals surface area contributed by atoms with Crippen molar-refractivity contribution in [3.63, 3.8) is 0 Å². The lowest BCUT2D eigenvalue weighted by Gasteiger charge is -2.15. The largest absolute Gasteiger partial charge is 0.493 e. The van der Waals surface area contributed by atoms with E-state index in [0.717, 1.165) is 18.5 Å². The van der Waals surface area contributed by atoms with Crippen LogP contribution in [-0.4, -0.2) is 27.4 Å². The van der Waals surface area contributed by atoms with Crippen LogP contribution in [0.5, 0.6) is 11.5 Å². The predicted molar refractivity (Wildman–Crippen MR) is 102 cm³/mol. The molecule has 0 unspecified atom stereocenters. The second kappa shape index (κ2) is 10.6. The molecule has 2 rings (SSSR count). The van der Waals surface area contributed by atoms with Gasteiger partial charge in [0.05, 0.1) is 12.1 Å². The maximum Gasteiger partial charge on any atom is 0.163 e. The molecule has 0 spiro atoms. The minimum atomic E-state index is -0.387. The van der Waals surface area contributed by atoms with Gasteiger partial charge in [-0.15, -0.1) is 0 Å². The molecule has 0 aromatic heterocycles. The van der Waals surface area contributed by atoms with E-state index < -0.39 is 0 Å². The standard InChI is InChI=1S/C19H22Cl2FNO3/c1-24-7-3-6-23-11-14-8-18(25-2)19(10-17(14)21)26-12-13-4-5-15(22)9-16(13)20/h4-5,8-10,23H,3,6-7,11-12H2,1-2H3. The van der Waals surface area contributed by atoms with Crippen LogP contribution in [0.3, 0.4) is 0 Å². The molecule has 2 aromatic rings. The lowest BCUT2D eigenvalue weighted by Crippen LogP contribution is -2.16. The van der Waals surface area contributed by atoms with Gasteiger partial charge in [-0.05, 0) is 36.7 Å². The van der Waals surface area contributed by atoms with Crippen LogP contribution in [0.25, 0.3) is 0 Å². The molecule has 4 nitrogen and oxygen atoms in total. The maximum atomic E-state index is 13.1. The third-order valence-corrected chi connectivity index (χ3v) is 4.45. The highest BCUT2D eigenvalue weighted by molar-refractivity contribution is 6.31. The molecule has 0 saturated carbocycles. The lowest BCUT2D eigenvalue weighted by molar-refractivity contribution is 0.194. The van der Waals surface area contributed by atoms with Gasteiger partial charge in [0.1, 0.15) is 12.4 Å². The van der Waals surface area contributed by atoms with Crippen molar-refractivity contribution >= 4 is 23.2 Å². The SMILES string of the molecule is COCCCNCc1cc(OC)c(OCc2ccc(F)cc2Cl)cc1Cl. The number of nitrogens with one attached hydrogen (secondary N) is 1. The molecule has 1 N–H and O–H groups in total. The average molecular weight is 402 g/mol. The topological polar surface area (TPSA) is 39.7 Å². The number of methoxy groups -OCH3 is 2. The van der Waals surface area contributed by atoms with Gasteiger partial charge in [-0.3, -0.25) is 0 Å². The summed E-state index contributed by atoms with van der Waals surface area (Å²) >= 11 is 12.4. The number of ether oxygens (including phenoxy) is 3. The molecule has 0 bridgehead atoms. The highest BCUT2D eigenvalue weighted by atomic mass is 35.5. The molecular formula is C19H22Cl2FNO3. The molecule has 0 saturated heterocycles. The van der Waals surface area contributed by atoms with E-state index in [1.807, 2.05) is 6.07 Å². The van der Waals surface area contributed by atoms with Crippen LogP contribution in [0.1, 0.15) is 17.5 Å². The van der Waals surface area contributed by atoms with E-state index in [4.69, 9.17) is 37.4 Å². The maximum absolute atomic E-state index is 13.1. The van der Waals surface area contributed by atoms with E-state index in [1.54, 1.807) is 26.4 Å². The number of hydrogen-bond donors (Lipinski definition) is 1. The van der Waals surface area contributed by atoms with Crippen molar-refractivity contribution in [2.45, 2.75) is 19.6 Å². The summed E-state index contributed by atoms with van der Waals surface area (Å²) in [6.45, 7) is 2.33. The first-order valence-electron chi connectivity index (χ1n) is 8.18. The van der Waals surface area contributed by atoms with Crippen LogP contribution in [0, 0.1) is 5.82 Å². The van der Waals surface area contributed by atoms with Gasteiger partial charge in [0.15, 0.2) is 11.5 Å². The summed E-state index contributed by atoms with van der Waals surface area (Å²) in [6.07, 6.45) is 0.922. The number of hydrogen-bond acceptors (Lipinski definition) is 4. The molecule has 0 aliphatic rings. The Kier molecular flexibility index (Phi) is 8.45. The molecule has 0 aliphatic heterocycles. The molecule has 0 aliphatic carbocycles. The van der Waals surface area contributed by atoms with E-state index in [0.29, 0.717) is 40.3 Å². The third-order valence-electron chi connectivity index (χ3n) is 3.75. The first kappa shape index (κ1) is 20.8. The van der Waals surface area contributed by atoms with Crippen molar-refractivity contribution in [1.29, 1.82) is 0 Å². The van der Waals surface area contributed by atoms with Gasteiger partial charge in [0.25, 0.3) is 0 Å². The molecule has 0 radical (unpaired) electrons. The zero-order chi connectivity index (χ0) is 18.9. The first-order valence-corrected chi connectivity index (χ1v) is 8.93. The van der Waals surface area contributed by atoms with Crippen molar-refractivity contribution in [2.24, 2.45) is 0 Å². The van der Waals surface area contributed by atoms with E-state index >= 15 is 0 Å². The number of benzene rings is 2. The lowest BCUT2D eigenvalue weighted by atomic mass is 10.2. The average Bonchev–Trinajstić information content (AvgIpc) is 2.62. The molecule has 142 valence electrons. The summed E-state index contributed by atoms with van der Waals surface area (Å²) in [5, 5.41) is 4.19. The quantitative estimate of drug-likeness (QED) is 0.577.